The van der Waals surface area contributed by atoms with Gasteiger partial charge in [-0.25, -0.2) is 9.78 Å². The molecule has 0 bridgehead atoms. The van der Waals surface area contributed by atoms with E-state index in [1.807, 2.05) is 0 Å². The highest BCUT2D eigenvalue weighted by Gasteiger charge is 2.22. The van der Waals surface area contributed by atoms with E-state index in [0.717, 1.165) is 11.3 Å². The van der Waals surface area contributed by atoms with Gasteiger partial charge in [-0.2, -0.15) is 0 Å². The number of carbonyl (C=O) groups is 3. The van der Waals surface area contributed by atoms with Gasteiger partial charge in [-0.15, -0.1) is 0 Å². The Hall–Kier alpha value is -1.28. The zero-order valence-electron chi connectivity index (χ0n) is 8.11. The van der Waals surface area contributed by atoms with Gasteiger partial charge in [-0.05, 0) is 0 Å². The molecule has 86 valence electrons. The molecular weight excluding hydrogens is 300 g/mol. The fourth-order valence-electron chi connectivity index (χ4n) is 0.919. The van der Waals surface area contributed by atoms with Crippen LogP contribution in [-0.2, 0) is 4.79 Å². The summed E-state index contributed by atoms with van der Waals surface area (Å²) in [6.45, 7) is 1.27. The molecule has 0 atom stereocenters. The average molecular weight is 307 g/mol. The van der Waals surface area contributed by atoms with Crippen molar-refractivity contribution in [2.75, 3.05) is 10.6 Å². The van der Waals surface area contributed by atoms with E-state index >= 15 is 0 Å². The van der Waals surface area contributed by atoms with Crippen molar-refractivity contribution in [1.82, 2.24) is 4.98 Å². The van der Waals surface area contributed by atoms with Crippen LogP contribution in [0.1, 0.15) is 27.1 Å². The lowest BCUT2D eigenvalue weighted by Gasteiger charge is -1.92. The van der Waals surface area contributed by atoms with E-state index in [9.17, 15) is 14.4 Å². The number of carbonyl (C=O) groups excluding carboxylic acids is 2. The molecule has 0 saturated carbocycles. The van der Waals surface area contributed by atoms with E-state index in [1.165, 1.54) is 6.92 Å². The topological polar surface area (TPSA) is 96.4 Å². The predicted octanol–water partition coefficient (Wildman–Crippen LogP) is 1.38. The van der Waals surface area contributed by atoms with Gasteiger partial charge in [0.2, 0.25) is 5.91 Å². The molecule has 1 aromatic heterocycles. The molecule has 0 radical (unpaired) electrons. The van der Waals surface area contributed by atoms with Crippen molar-refractivity contribution in [2.24, 2.45) is 0 Å². The maximum atomic E-state index is 11.4. The Morgan fingerprint density at radius 2 is 2.12 bits per heavy atom. The van der Waals surface area contributed by atoms with E-state index in [1.54, 1.807) is 0 Å². The van der Waals surface area contributed by atoms with E-state index in [-0.39, 0.29) is 32.7 Å². The number of aromatic nitrogens is 1. The molecule has 1 aromatic rings. The van der Waals surface area contributed by atoms with Crippen LogP contribution >= 0.6 is 27.3 Å². The molecule has 0 aromatic carbocycles. The number of nitrogens with one attached hydrogen (secondary N) is 1. The summed E-state index contributed by atoms with van der Waals surface area (Å²) in [7, 11) is 0. The number of rotatable bonds is 4. The number of anilines is 1. The largest absolute Gasteiger partial charge is 0.476 e. The number of ketones is 1. The zero-order valence-corrected chi connectivity index (χ0v) is 10.5. The number of nitrogens with zero attached hydrogens (tertiary/aromatic N) is 1. The summed E-state index contributed by atoms with van der Waals surface area (Å²) in [4.78, 5) is 36.6. The minimum Gasteiger partial charge on any atom is -0.476 e. The van der Waals surface area contributed by atoms with Crippen LogP contribution in [0.15, 0.2) is 0 Å². The molecule has 0 fully saturated rings. The monoisotopic (exact) mass is 306 g/mol. The first-order valence-electron chi connectivity index (χ1n) is 4.06. The molecular formula is C8H7BrN2O4S. The number of Topliss-reactive ketones (excluding diaryl/α,β-unsaturated/α-hetero) is 1. The van der Waals surface area contributed by atoms with Crippen LogP contribution < -0.4 is 5.32 Å². The molecule has 16 heavy (non-hydrogen) atoms. The Balaban J connectivity index is 3.14. The third kappa shape index (κ3) is 2.86. The number of halogens is 1. The van der Waals surface area contributed by atoms with E-state index < -0.39 is 5.97 Å². The second-order valence-electron chi connectivity index (χ2n) is 2.74. The molecule has 0 unspecified atom stereocenters. The second kappa shape index (κ2) is 5.17. The maximum Gasteiger partial charge on any atom is 0.356 e. The standard InChI is InChI=1S/C8H7BrN2O4S/c1-3(12)10-8-11-5(7(14)15)6(16-8)4(13)2-9/h2H2,1H3,(H,14,15)(H,10,11,12). The van der Waals surface area contributed by atoms with E-state index in [4.69, 9.17) is 5.11 Å². The predicted molar refractivity (Wildman–Crippen MR) is 61.5 cm³/mol. The van der Waals surface area contributed by atoms with E-state index in [2.05, 4.69) is 26.2 Å². The van der Waals surface area contributed by atoms with Crippen molar-refractivity contribution in [1.29, 1.82) is 0 Å². The summed E-state index contributed by atoms with van der Waals surface area (Å²) < 4.78 is 0. The summed E-state index contributed by atoms with van der Waals surface area (Å²) in [5, 5.41) is 11.3. The lowest BCUT2D eigenvalue weighted by Crippen LogP contribution is -2.08. The first kappa shape index (κ1) is 12.8. The minimum absolute atomic E-state index is 0.00891. The number of carboxylic acids is 1. The van der Waals surface area contributed by atoms with Crippen LogP contribution in [-0.4, -0.2) is 33.1 Å². The number of aromatic carboxylic acids is 1. The van der Waals surface area contributed by atoms with Gasteiger partial charge in [0.25, 0.3) is 0 Å². The van der Waals surface area contributed by atoms with Crippen LogP contribution in [0.25, 0.3) is 0 Å². The summed E-state index contributed by atoms with van der Waals surface area (Å²) in [6, 6.07) is 0. The SMILES string of the molecule is CC(=O)Nc1nc(C(=O)O)c(C(=O)CBr)s1. The van der Waals surface area contributed by atoms with Crippen LogP contribution in [0.4, 0.5) is 5.13 Å². The summed E-state index contributed by atoms with van der Waals surface area (Å²) in [6.07, 6.45) is 0. The fraction of sp³-hybridized carbons (Fsp3) is 0.250. The highest BCUT2D eigenvalue weighted by Crippen LogP contribution is 2.24. The Bertz CT molecular complexity index is 457. The first-order valence-corrected chi connectivity index (χ1v) is 6.00. The van der Waals surface area contributed by atoms with Gasteiger partial charge in [0.05, 0.1) is 5.33 Å². The summed E-state index contributed by atoms with van der Waals surface area (Å²) >= 11 is 3.79. The fourth-order valence-corrected chi connectivity index (χ4v) is 2.33. The highest BCUT2D eigenvalue weighted by molar-refractivity contribution is 9.09. The van der Waals surface area contributed by atoms with Crippen molar-refractivity contribution in [3.05, 3.63) is 10.6 Å². The molecule has 8 heteroatoms. The minimum atomic E-state index is -1.29. The number of hydrogen-bond donors (Lipinski definition) is 2. The van der Waals surface area contributed by atoms with Crippen LogP contribution in [0.5, 0.6) is 0 Å². The van der Waals surface area contributed by atoms with Crippen molar-refractivity contribution in [2.45, 2.75) is 6.92 Å². The molecule has 0 aliphatic heterocycles. The molecule has 2 N–H and O–H groups in total. The van der Waals surface area contributed by atoms with Crippen molar-refractivity contribution >= 4 is 50.1 Å². The van der Waals surface area contributed by atoms with Crippen molar-refractivity contribution in [3.8, 4) is 0 Å². The number of alkyl halides is 1. The summed E-state index contributed by atoms with van der Waals surface area (Å²) in [5.41, 5.74) is -0.335. The van der Waals surface area contributed by atoms with Gasteiger partial charge in [0, 0.05) is 6.92 Å². The highest BCUT2D eigenvalue weighted by atomic mass is 79.9. The number of thiazole rings is 1. The van der Waals surface area contributed by atoms with Gasteiger partial charge in [0.1, 0.15) is 4.88 Å². The van der Waals surface area contributed by atoms with Crippen LogP contribution in [0.3, 0.4) is 0 Å². The maximum absolute atomic E-state index is 11.4. The van der Waals surface area contributed by atoms with Crippen molar-refractivity contribution < 1.29 is 19.5 Å². The number of carboxylic acid groups (broad SMARTS) is 1. The van der Waals surface area contributed by atoms with E-state index in [0.29, 0.717) is 0 Å². The molecule has 0 aliphatic carbocycles. The molecule has 6 nitrogen and oxygen atoms in total. The Morgan fingerprint density at radius 3 is 2.56 bits per heavy atom. The van der Waals surface area contributed by atoms with Gasteiger partial charge in [-0.3, -0.25) is 9.59 Å². The zero-order chi connectivity index (χ0) is 12.3. The number of hydrogen-bond acceptors (Lipinski definition) is 5. The molecule has 1 rings (SSSR count). The molecule has 0 spiro atoms. The van der Waals surface area contributed by atoms with Gasteiger partial charge >= 0.3 is 5.97 Å². The second-order valence-corrected chi connectivity index (χ2v) is 4.30. The lowest BCUT2D eigenvalue weighted by atomic mass is 10.3. The third-order valence-corrected chi connectivity index (χ3v) is 3.01. The first-order chi connectivity index (χ1) is 7.45. The lowest BCUT2D eigenvalue weighted by molar-refractivity contribution is -0.114. The quantitative estimate of drug-likeness (QED) is 0.647. The smallest absolute Gasteiger partial charge is 0.356 e. The van der Waals surface area contributed by atoms with Gasteiger partial charge in [-0.1, -0.05) is 27.3 Å². The Kier molecular flexibility index (Phi) is 4.13. The molecule has 0 aliphatic rings. The number of amides is 1. The Morgan fingerprint density at radius 1 is 1.50 bits per heavy atom. The van der Waals surface area contributed by atoms with Crippen LogP contribution in [0.2, 0.25) is 0 Å². The van der Waals surface area contributed by atoms with Gasteiger partial charge < -0.3 is 10.4 Å². The Labute approximate surface area is 103 Å². The normalized spacial score (nSPS) is 9.88. The molecule has 1 heterocycles. The summed E-state index contributed by atoms with van der Waals surface area (Å²) in [5.74, 6) is -2.05. The molecule has 1 amide bonds. The van der Waals surface area contributed by atoms with Crippen molar-refractivity contribution in [3.63, 3.8) is 0 Å². The third-order valence-electron chi connectivity index (χ3n) is 1.49. The average Bonchev–Trinajstić information content (AvgIpc) is 2.59. The molecule has 0 saturated heterocycles. The van der Waals surface area contributed by atoms with Crippen LogP contribution in [0, 0.1) is 0 Å². The van der Waals surface area contributed by atoms with Gasteiger partial charge in [0.15, 0.2) is 16.6 Å².